The number of piperidine rings is 1. The predicted molar refractivity (Wildman–Crippen MR) is 125 cm³/mol. The van der Waals surface area contributed by atoms with E-state index in [2.05, 4.69) is 74.2 Å². The van der Waals surface area contributed by atoms with Crippen LogP contribution in [0.5, 0.6) is 0 Å². The first-order valence-corrected chi connectivity index (χ1v) is 11.8. The van der Waals surface area contributed by atoms with Gasteiger partial charge < -0.3 is 14.2 Å². The van der Waals surface area contributed by atoms with Crippen molar-refractivity contribution in [3.8, 4) is 0 Å². The molecule has 164 valence electrons. The lowest BCUT2D eigenvalue weighted by atomic mass is 9.79. The van der Waals surface area contributed by atoms with Crippen LogP contribution in [0.2, 0.25) is 0 Å². The highest BCUT2D eigenvalue weighted by Crippen LogP contribution is 2.48. The summed E-state index contributed by atoms with van der Waals surface area (Å²) < 4.78 is 19.2. The lowest BCUT2D eigenvalue weighted by Gasteiger charge is -2.54. The van der Waals surface area contributed by atoms with E-state index in [4.69, 9.17) is 14.2 Å². The summed E-state index contributed by atoms with van der Waals surface area (Å²) in [4.78, 5) is 2.55. The number of hydrogen-bond donors (Lipinski definition) is 0. The summed E-state index contributed by atoms with van der Waals surface area (Å²) in [6.45, 7) is 10.1. The molecule has 2 atom stereocenters. The summed E-state index contributed by atoms with van der Waals surface area (Å²) in [5.74, 6) is -0.780. The first-order valence-electron chi connectivity index (χ1n) is 11.8. The Balaban J connectivity index is 1.71. The molecule has 4 heteroatoms. The van der Waals surface area contributed by atoms with Crippen molar-refractivity contribution in [3.63, 3.8) is 0 Å². The second-order valence-electron chi connectivity index (χ2n) is 8.52. The Morgan fingerprint density at radius 2 is 1.61 bits per heavy atom. The minimum absolute atomic E-state index is 0.0392. The lowest BCUT2D eigenvalue weighted by Crippen LogP contribution is -2.63. The predicted octanol–water partition coefficient (Wildman–Crippen LogP) is 5.47. The zero-order valence-electron chi connectivity index (χ0n) is 18.9. The average Bonchev–Trinajstić information content (AvgIpc) is 2.80. The largest absolute Gasteiger partial charge is 0.373 e. The second-order valence-corrected chi connectivity index (χ2v) is 8.52. The Kier molecular flexibility index (Phi) is 5.74. The molecule has 0 bridgehead atoms. The van der Waals surface area contributed by atoms with Crippen LogP contribution in [0.1, 0.15) is 44.4 Å². The fraction of sp³-hybridized carbons (Fsp3) is 0.481. The molecule has 0 amide bonds. The number of nitrogens with zero attached hydrogens (tertiary/aromatic N) is 1. The minimum atomic E-state index is -0.780. The van der Waals surface area contributed by atoms with Gasteiger partial charge in [-0.15, -0.1) is 0 Å². The Hall–Kier alpha value is -1.98. The zero-order valence-corrected chi connectivity index (χ0v) is 18.9. The van der Waals surface area contributed by atoms with Crippen LogP contribution in [0, 0.1) is 0 Å². The second kappa shape index (κ2) is 8.51. The molecule has 2 unspecified atom stereocenters. The van der Waals surface area contributed by atoms with Gasteiger partial charge in [-0.05, 0) is 66.3 Å². The molecule has 2 heterocycles. The molecular formula is C27H33NO3. The Morgan fingerprint density at radius 1 is 0.839 bits per heavy atom. The van der Waals surface area contributed by atoms with Crippen molar-refractivity contribution in [3.05, 3.63) is 59.7 Å². The van der Waals surface area contributed by atoms with Crippen LogP contribution >= 0.6 is 0 Å². The smallest absolute Gasteiger partial charge is 0.215 e. The molecule has 4 nitrogen and oxygen atoms in total. The van der Waals surface area contributed by atoms with E-state index < -0.39 is 5.79 Å². The first kappa shape index (κ1) is 20.9. The summed E-state index contributed by atoms with van der Waals surface area (Å²) in [5, 5.41) is 5.30. The van der Waals surface area contributed by atoms with E-state index in [1.165, 1.54) is 32.7 Å². The SMILES string of the molecule is CCOC1CCN2CCc3c(ccc4c3ccc3ccccc34)C2C1(OCC)OCC. The van der Waals surface area contributed by atoms with Gasteiger partial charge in [-0.2, -0.15) is 0 Å². The maximum Gasteiger partial charge on any atom is 0.215 e. The third-order valence-electron chi connectivity index (χ3n) is 7.00. The number of benzene rings is 3. The number of fused-ring (bicyclic) bond motifs is 7. The van der Waals surface area contributed by atoms with Gasteiger partial charge in [0.15, 0.2) is 0 Å². The van der Waals surface area contributed by atoms with E-state index in [9.17, 15) is 0 Å². The van der Waals surface area contributed by atoms with Crippen molar-refractivity contribution < 1.29 is 14.2 Å². The molecule has 1 fully saturated rings. The summed E-state index contributed by atoms with van der Waals surface area (Å²) in [7, 11) is 0. The molecule has 2 aliphatic rings. The third-order valence-corrected chi connectivity index (χ3v) is 7.00. The highest BCUT2D eigenvalue weighted by molar-refractivity contribution is 6.08. The molecule has 3 aromatic carbocycles. The molecular weight excluding hydrogens is 386 g/mol. The van der Waals surface area contributed by atoms with Crippen LogP contribution in [0.3, 0.4) is 0 Å². The lowest BCUT2D eigenvalue weighted by molar-refractivity contribution is -0.333. The quantitative estimate of drug-likeness (QED) is 0.392. The molecule has 0 radical (unpaired) electrons. The first-order chi connectivity index (χ1) is 15.2. The van der Waals surface area contributed by atoms with Gasteiger partial charge in [0, 0.05) is 32.9 Å². The van der Waals surface area contributed by atoms with Gasteiger partial charge in [0.05, 0.1) is 6.04 Å². The van der Waals surface area contributed by atoms with Gasteiger partial charge >= 0.3 is 0 Å². The third kappa shape index (κ3) is 3.28. The van der Waals surface area contributed by atoms with Gasteiger partial charge in [-0.1, -0.05) is 48.5 Å². The van der Waals surface area contributed by atoms with Crippen molar-refractivity contribution in [2.75, 3.05) is 32.9 Å². The van der Waals surface area contributed by atoms with E-state index in [1.807, 2.05) is 0 Å². The maximum atomic E-state index is 6.50. The van der Waals surface area contributed by atoms with Crippen LogP contribution < -0.4 is 0 Å². The van der Waals surface area contributed by atoms with Crippen molar-refractivity contribution in [1.29, 1.82) is 0 Å². The number of ether oxygens (including phenoxy) is 3. The van der Waals surface area contributed by atoms with Crippen LogP contribution in [-0.4, -0.2) is 49.7 Å². The summed E-state index contributed by atoms with van der Waals surface area (Å²) in [6, 6.07) is 17.9. The Bertz CT molecular complexity index is 1070. The normalized spacial score (nSPS) is 23.1. The van der Waals surface area contributed by atoms with E-state index >= 15 is 0 Å². The fourth-order valence-electron chi connectivity index (χ4n) is 5.89. The minimum Gasteiger partial charge on any atom is -0.373 e. The van der Waals surface area contributed by atoms with Crippen LogP contribution in [0.4, 0.5) is 0 Å². The van der Waals surface area contributed by atoms with Crippen molar-refractivity contribution in [2.45, 2.75) is 51.5 Å². The Labute approximate surface area is 185 Å². The average molecular weight is 420 g/mol. The molecule has 2 aliphatic heterocycles. The summed E-state index contributed by atoms with van der Waals surface area (Å²) in [6.07, 6.45) is 1.91. The van der Waals surface area contributed by atoms with Crippen molar-refractivity contribution in [2.24, 2.45) is 0 Å². The van der Waals surface area contributed by atoms with Gasteiger partial charge in [0.2, 0.25) is 5.79 Å². The summed E-state index contributed by atoms with van der Waals surface area (Å²) >= 11 is 0. The Morgan fingerprint density at radius 3 is 2.39 bits per heavy atom. The molecule has 0 N–H and O–H groups in total. The maximum absolute atomic E-state index is 6.50. The molecule has 3 aromatic rings. The van der Waals surface area contributed by atoms with E-state index in [-0.39, 0.29) is 12.1 Å². The molecule has 1 saturated heterocycles. The molecule has 31 heavy (non-hydrogen) atoms. The van der Waals surface area contributed by atoms with Crippen LogP contribution in [0.15, 0.2) is 48.5 Å². The van der Waals surface area contributed by atoms with Gasteiger partial charge in [-0.3, -0.25) is 4.90 Å². The fourth-order valence-corrected chi connectivity index (χ4v) is 5.89. The highest BCUT2D eigenvalue weighted by Gasteiger charge is 2.56. The molecule has 0 aromatic heterocycles. The molecule has 5 rings (SSSR count). The standard InChI is InChI=1S/C27H33NO3/c1-4-29-25-16-18-28-17-15-23-22-12-11-19-9-7-8-10-20(19)21(22)13-14-24(23)26(28)27(25,30-5-2)31-6-3/h7-14,25-26H,4-6,15-18H2,1-3H3. The van der Waals surface area contributed by atoms with Crippen LogP contribution in [0.25, 0.3) is 21.5 Å². The monoisotopic (exact) mass is 419 g/mol. The van der Waals surface area contributed by atoms with Crippen molar-refractivity contribution >= 4 is 21.5 Å². The van der Waals surface area contributed by atoms with E-state index in [1.54, 1.807) is 0 Å². The molecule has 0 saturated carbocycles. The van der Waals surface area contributed by atoms with Gasteiger partial charge in [0.25, 0.3) is 0 Å². The summed E-state index contributed by atoms with van der Waals surface area (Å²) in [5.41, 5.74) is 2.77. The topological polar surface area (TPSA) is 30.9 Å². The van der Waals surface area contributed by atoms with E-state index in [0.717, 1.165) is 25.9 Å². The molecule has 0 spiro atoms. The highest BCUT2D eigenvalue weighted by atomic mass is 16.7. The van der Waals surface area contributed by atoms with Crippen LogP contribution in [-0.2, 0) is 20.6 Å². The zero-order chi connectivity index (χ0) is 21.4. The molecule has 0 aliphatic carbocycles. The van der Waals surface area contributed by atoms with Crippen molar-refractivity contribution in [1.82, 2.24) is 4.90 Å². The number of rotatable bonds is 6. The van der Waals surface area contributed by atoms with Gasteiger partial charge in [0.1, 0.15) is 6.10 Å². The van der Waals surface area contributed by atoms with Gasteiger partial charge in [-0.25, -0.2) is 0 Å². The van der Waals surface area contributed by atoms with E-state index in [0.29, 0.717) is 19.8 Å². The number of hydrogen-bond acceptors (Lipinski definition) is 4.